The van der Waals surface area contributed by atoms with Crippen molar-refractivity contribution in [2.45, 2.75) is 98.3 Å². The minimum Gasteiger partial charge on any atom is -0.449 e. The van der Waals surface area contributed by atoms with Gasteiger partial charge in [-0.25, -0.2) is 4.79 Å². The molecule has 1 atom stereocenters. The van der Waals surface area contributed by atoms with E-state index in [0.717, 1.165) is 85.0 Å². The van der Waals surface area contributed by atoms with Crippen molar-refractivity contribution in [2.24, 2.45) is 4.99 Å². The molecule has 1 unspecified atom stereocenters. The number of aliphatic imine (C=N–C) groups is 1. The Morgan fingerprint density at radius 3 is 2.58 bits per heavy atom. The Hall–Kier alpha value is -4.66. The fraction of sp³-hybridized carbons (Fsp3) is 0.488. The van der Waals surface area contributed by atoms with Crippen LogP contribution in [0.2, 0.25) is 0 Å². The van der Waals surface area contributed by atoms with Crippen LogP contribution in [0.25, 0.3) is 23.2 Å². The molecular weight excluding hydrogens is 649 g/mol. The number of nitrogens with one attached hydrogen (secondary N) is 1. The first-order valence-corrected chi connectivity index (χ1v) is 19.2. The zero-order valence-corrected chi connectivity index (χ0v) is 32.6. The third-order valence-corrected chi connectivity index (χ3v) is 9.97. The highest BCUT2D eigenvalue weighted by molar-refractivity contribution is 5.95. The highest BCUT2D eigenvalue weighted by Crippen LogP contribution is 2.35. The number of hydrogen-bond acceptors (Lipinski definition) is 5. The van der Waals surface area contributed by atoms with Crippen molar-refractivity contribution in [3.63, 3.8) is 0 Å². The molecule has 4 rings (SSSR count). The number of nitrogens with zero attached hydrogens (tertiary/aromatic N) is 5. The molecule has 3 aromatic rings. The molecule has 1 fully saturated rings. The number of rotatable bonds is 16. The first kappa shape index (κ1) is 40.1. The number of pyridine rings is 1. The van der Waals surface area contributed by atoms with Gasteiger partial charge in [-0.1, -0.05) is 52.0 Å². The molecule has 1 saturated heterocycles. The quantitative estimate of drug-likeness (QED) is 0.0695. The largest absolute Gasteiger partial charge is 0.449 e. The van der Waals surface area contributed by atoms with Gasteiger partial charge in [0.2, 0.25) is 11.9 Å². The number of carbonyl (C=O) groups excluding carboxylic acids is 2. The molecule has 9 heteroatoms. The number of guanidine groups is 1. The van der Waals surface area contributed by atoms with E-state index in [1.807, 2.05) is 51.1 Å². The van der Waals surface area contributed by atoms with Crippen LogP contribution in [0.4, 0.5) is 4.79 Å². The molecular formula is C43H60N6O3. The summed E-state index contributed by atoms with van der Waals surface area (Å²) < 4.78 is 7.73. The highest BCUT2D eigenvalue weighted by atomic mass is 16.5. The number of likely N-dealkylation sites (tertiary alicyclic amines) is 1. The van der Waals surface area contributed by atoms with E-state index in [4.69, 9.17) is 9.73 Å². The van der Waals surface area contributed by atoms with Crippen LogP contribution >= 0.6 is 0 Å². The number of hydrogen-bond donors (Lipinski definition) is 1. The number of likely N-dealkylation sites (N-methyl/N-ethyl adjacent to an activating group) is 1. The Morgan fingerprint density at radius 2 is 1.90 bits per heavy atom. The van der Waals surface area contributed by atoms with Crippen molar-refractivity contribution in [2.75, 3.05) is 39.3 Å². The highest BCUT2D eigenvalue weighted by Gasteiger charge is 2.34. The van der Waals surface area contributed by atoms with Crippen LogP contribution in [0.1, 0.15) is 109 Å². The average molecular weight is 709 g/mol. The van der Waals surface area contributed by atoms with Crippen molar-refractivity contribution in [1.29, 1.82) is 0 Å². The van der Waals surface area contributed by atoms with Gasteiger partial charge in [0.15, 0.2) is 0 Å². The average Bonchev–Trinajstić information content (AvgIpc) is 3.76. The van der Waals surface area contributed by atoms with Gasteiger partial charge in [-0.2, -0.15) is 0 Å². The molecule has 0 radical (unpaired) electrons. The van der Waals surface area contributed by atoms with Crippen molar-refractivity contribution in [3.8, 4) is 0 Å². The van der Waals surface area contributed by atoms with Crippen LogP contribution in [0, 0.1) is 0 Å². The molecule has 280 valence electrons. The van der Waals surface area contributed by atoms with Gasteiger partial charge in [-0.3, -0.25) is 20.1 Å². The van der Waals surface area contributed by atoms with Gasteiger partial charge < -0.3 is 19.1 Å². The standard InChI is InChI=1S/C43H60N6O3/c1-9-14-16-38-36(21-25-45-41(46-42(51)52-28-15-10-2)48-27-22-34(31-48)33-19-23-44-24-20-33)37-29-35(17-18-39(37)49(38)30-32(6)12-4)43(7,8)40(50)47(13-5)26-11-3/h12,14,16-20,23-24,29-30,34H,4,9-11,13,15,21-22,25-28,31H2,1-3,5-8H3,(H,45,46,51)/b16-14+,32-30-. The van der Waals surface area contributed by atoms with Crippen molar-refractivity contribution >= 4 is 41.1 Å². The Morgan fingerprint density at radius 1 is 1.13 bits per heavy atom. The number of amides is 2. The summed E-state index contributed by atoms with van der Waals surface area (Å²) in [6.45, 7) is 22.2. The first-order chi connectivity index (χ1) is 25.1. The fourth-order valence-corrected chi connectivity index (χ4v) is 6.84. The maximum absolute atomic E-state index is 13.9. The molecule has 1 aromatic carbocycles. The summed E-state index contributed by atoms with van der Waals surface area (Å²) in [7, 11) is 0. The van der Waals surface area contributed by atoms with Gasteiger partial charge in [0.05, 0.1) is 17.5 Å². The number of unbranched alkanes of at least 4 members (excludes halogenated alkanes) is 1. The summed E-state index contributed by atoms with van der Waals surface area (Å²) in [6.07, 6.45) is 16.7. The first-order valence-electron chi connectivity index (χ1n) is 19.2. The zero-order valence-electron chi connectivity index (χ0n) is 32.6. The second-order valence-electron chi connectivity index (χ2n) is 14.1. The van der Waals surface area contributed by atoms with E-state index in [2.05, 4.69) is 95.8 Å². The topological polar surface area (TPSA) is 92.1 Å². The summed E-state index contributed by atoms with van der Waals surface area (Å²) in [5.41, 5.74) is 5.82. The molecule has 9 nitrogen and oxygen atoms in total. The van der Waals surface area contributed by atoms with Crippen molar-refractivity contribution in [3.05, 3.63) is 89.4 Å². The molecule has 1 aliphatic heterocycles. The summed E-state index contributed by atoms with van der Waals surface area (Å²) in [5, 5.41) is 4.08. The maximum atomic E-state index is 13.9. The number of fused-ring (bicyclic) bond motifs is 1. The molecule has 2 amide bonds. The van der Waals surface area contributed by atoms with Crippen LogP contribution < -0.4 is 5.32 Å². The van der Waals surface area contributed by atoms with Gasteiger partial charge >= 0.3 is 6.09 Å². The molecule has 3 heterocycles. The minimum absolute atomic E-state index is 0.132. The lowest BCUT2D eigenvalue weighted by molar-refractivity contribution is -0.136. The Labute approximate surface area is 311 Å². The number of allylic oxidation sites excluding steroid dienone is 3. The van der Waals surface area contributed by atoms with E-state index in [1.165, 1.54) is 5.56 Å². The second-order valence-corrected chi connectivity index (χ2v) is 14.1. The van der Waals surface area contributed by atoms with Gasteiger partial charge in [0.25, 0.3) is 0 Å². The lowest BCUT2D eigenvalue weighted by atomic mass is 9.82. The van der Waals surface area contributed by atoms with Crippen LogP contribution in [0.5, 0.6) is 0 Å². The lowest BCUT2D eigenvalue weighted by Crippen LogP contribution is -2.43. The Bertz CT molecular complexity index is 1750. The predicted octanol–water partition coefficient (Wildman–Crippen LogP) is 8.96. The predicted molar refractivity (Wildman–Crippen MR) is 216 cm³/mol. The van der Waals surface area contributed by atoms with E-state index in [1.54, 1.807) is 0 Å². The number of ether oxygens (including phenoxy) is 1. The number of alkyl carbamates (subject to hydrolysis) is 1. The van der Waals surface area contributed by atoms with E-state index in [9.17, 15) is 9.59 Å². The molecule has 1 N–H and O–H groups in total. The normalized spacial score (nSPS) is 15.4. The van der Waals surface area contributed by atoms with Crippen molar-refractivity contribution in [1.82, 2.24) is 24.7 Å². The van der Waals surface area contributed by atoms with Crippen LogP contribution in [-0.4, -0.2) is 76.6 Å². The summed E-state index contributed by atoms with van der Waals surface area (Å²) in [6, 6.07) is 10.6. The summed E-state index contributed by atoms with van der Waals surface area (Å²) >= 11 is 0. The molecule has 1 aliphatic rings. The van der Waals surface area contributed by atoms with Gasteiger partial charge in [0, 0.05) is 68.3 Å². The number of carbonyl (C=O) groups is 2. The monoisotopic (exact) mass is 708 g/mol. The summed E-state index contributed by atoms with van der Waals surface area (Å²) in [4.78, 5) is 40.2. The third-order valence-electron chi connectivity index (χ3n) is 9.97. The van der Waals surface area contributed by atoms with Crippen molar-refractivity contribution < 1.29 is 14.3 Å². The minimum atomic E-state index is -0.709. The number of aromatic nitrogens is 2. The Balaban J connectivity index is 1.77. The van der Waals surface area contributed by atoms with Crippen LogP contribution in [-0.2, 0) is 21.4 Å². The Kier molecular flexibility index (Phi) is 14.9. The number of benzene rings is 1. The van der Waals surface area contributed by atoms with E-state index >= 15 is 0 Å². The molecule has 0 bridgehead atoms. The summed E-state index contributed by atoms with van der Waals surface area (Å²) in [5.74, 6) is 0.991. The molecule has 0 saturated carbocycles. The van der Waals surface area contributed by atoms with Gasteiger partial charge in [-0.15, -0.1) is 0 Å². The maximum Gasteiger partial charge on any atom is 0.413 e. The van der Waals surface area contributed by atoms with E-state index in [0.29, 0.717) is 38.0 Å². The van der Waals surface area contributed by atoms with E-state index in [-0.39, 0.29) is 5.91 Å². The van der Waals surface area contributed by atoms with Gasteiger partial charge in [-0.05, 0) is 112 Å². The molecule has 0 aliphatic carbocycles. The van der Waals surface area contributed by atoms with Crippen LogP contribution in [0.15, 0.2) is 72.0 Å². The van der Waals surface area contributed by atoms with Gasteiger partial charge in [0.1, 0.15) is 0 Å². The molecule has 52 heavy (non-hydrogen) atoms. The van der Waals surface area contributed by atoms with E-state index < -0.39 is 11.5 Å². The molecule has 2 aromatic heterocycles. The zero-order chi connectivity index (χ0) is 37.7. The SMILES string of the molecule is C=C/C(C)=C\n1c(/C=C/CC)c(CCN=C(NC(=O)OCCCC)N2CCC(c3ccncc3)C2)c2cc(C(C)(C)C(=O)N(CC)CCC)ccc21. The smallest absolute Gasteiger partial charge is 0.413 e. The lowest BCUT2D eigenvalue weighted by Gasteiger charge is -2.31. The molecule has 0 spiro atoms. The fourth-order valence-electron chi connectivity index (χ4n) is 6.84. The second kappa shape index (κ2) is 19.3. The van der Waals surface area contributed by atoms with Crippen LogP contribution in [0.3, 0.4) is 0 Å². The third kappa shape index (κ3) is 9.81.